The van der Waals surface area contributed by atoms with Crippen LogP contribution in [0.4, 0.5) is 5.69 Å². The van der Waals surface area contributed by atoms with Crippen LogP contribution in [0, 0.1) is 0 Å². The first-order valence-electron chi connectivity index (χ1n) is 8.88. The van der Waals surface area contributed by atoms with E-state index < -0.39 is 10.0 Å². The van der Waals surface area contributed by atoms with E-state index >= 15 is 0 Å². The Kier molecular flexibility index (Phi) is 5.84. The van der Waals surface area contributed by atoms with Gasteiger partial charge in [0, 0.05) is 7.05 Å². The van der Waals surface area contributed by atoms with Crippen LogP contribution in [0.2, 0.25) is 0 Å². The van der Waals surface area contributed by atoms with Gasteiger partial charge in [0.05, 0.1) is 18.0 Å². The summed E-state index contributed by atoms with van der Waals surface area (Å²) in [6, 6.07) is 14.8. The molecule has 0 amide bonds. The first kappa shape index (κ1) is 18.7. The van der Waals surface area contributed by atoms with Crippen molar-refractivity contribution in [1.29, 1.82) is 0 Å². The molecule has 1 aliphatic heterocycles. The topological polar surface area (TPSA) is 59.1 Å². The zero-order valence-electron chi connectivity index (χ0n) is 15.2. The van der Waals surface area contributed by atoms with Crippen molar-refractivity contribution >= 4 is 15.7 Å². The minimum atomic E-state index is -3.49. The fourth-order valence-corrected chi connectivity index (χ4v) is 4.15. The first-order valence-corrected chi connectivity index (χ1v) is 10.5. The van der Waals surface area contributed by atoms with E-state index in [-0.39, 0.29) is 11.9 Å². The van der Waals surface area contributed by atoms with E-state index in [2.05, 4.69) is 6.92 Å². The normalized spacial score (nSPS) is 16.3. The molecule has 0 saturated carbocycles. The number of hydrogen-bond donors (Lipinski definition) is 0. The predicted molar refractivity (Wildman–Crippen MR) is 103 cm³/mol. The minimum Gasteiger partial charge on any atom is -0.490 e. The number of para-hydroxylation sites is 1. The maximum atomic E-state index is 12.9. The molecular formula is C20H25NO4S. The van der Waals surface area contributed by atoms with E-state index in [1.54, 1.807) is 19.2 Å². The summed E-state index contributed by atoms with van der Waals surface area (Å²) in [4.78, 5) is 0. The molecule has 0 radical (unpaired) electrons. The Balaban J connectivity index is 1.84. The number of rotatable bonds is 9. The lowest BCUT2D eigenvalue weighted by Gasteiger charge is -2.21. The van der Waals surface area contributed by atoms with Crippen molar-refractivity contribution in [2.45, 2.75) is 31.6 Å². The molecule has 0 bridgehead atoms. The lowest BCUT2D eigenvalue weighted by atomic mass is 10.0. The summed E-state index contributed by atoms with van der Waals surface area (Å²) in [5, 5.41) is 0. The highest BCUT2D eigenvalue weighted by atomic mass is 32.2. The monoisotopic (exact) mass is 375 g/mol. The third-order valence-corrected chi connectivity index (χ3v) is 6.15. The Labute approximate surface area is 155 Å². The van der Waals surface area contributed by atoms with E-state index in [0.717, 1.165) is 36.3 Å². The molecule has 140 valence electrons. The fourth-order valence-electron chi connectivity index (χ4n) is 2.85. The maximum absolute atomic E-state index is 12.9. The molecule has 1 saturated heterocycles. The van der Waals surface area contributed by atoms with Crippen molar-refractivity contribution in [2.24, 2.45) is 0 Å². The summed E-state index contributed by atoms with van der Waals surface area (Å²) < 4.78 is 38.2. The largest absolute Gasteiger partial charge is 0.490 e. The molecule has 0 N–H and O–H groups in total. The SMILES string of the molecule is CCCc1c(CS(=O)(=O)N(C)c2ccccc2)cccc1OCC1CO1. The van der Waals surface area contributed by atoms with Crippen molar-refractivity contribution in [2.75, 3.05) is 24.6 Å². The number of benzene rings is 2. The van der Waals surface area contributed by atoms with Crippen molar-refractivity contribution in [3.8, 4) is 5.75 Å². The predicted octanol–water partition coefficient (Wildman–Crippen LogP) is 3.38. The van der Waals surface area contributed by atoms with Crippen LogP contribution >= 0.6 is 0 Å². The molecule has 2 aromatic rings. The Morgan fingerprint density at radius 1 is 1.15 bits per heavy atom. The molecule has 0 aromatic heterocycles. The molecule has 3 rings (SSSR count). The van der Waals surface area contributed by atoms with Crippen molar-refractivity contribution in [3.63, 3.8) is 0 Å². The van der Waals surface area contributed by atoms with Crippen LogP contribution in [0.15, 0.2) is 48.5 Å². The highest BCUT2D eigenvalue weighted by molar-refractivity contribution is 7.92. The Bertz CT molecular complexity index is 832. The van der Waals surface area contributed by atoms with Gasteiger partial charge in [0.2, 0.25) is 10.0 Å². The number of sulfonamides is 1. The van der Waals surface area contributed by atoms with Crippen molar-refractivity contribution < 1.29 is 17.9 Å². The van der Waals surface area contributed by atoms with Gasteiger partial charge in [-0.05, 0) is 35.7 Å². The van der Waals surface area contributed by atoms with Crippen LogP contribution in [0.25, 0.3) is 0 Å². The quantitative estimate of drug-likeness (QED) is 0.631. The molecule has 26 heavy (non-hydrogen) atoms. The Morgan fingerprint density at radius 3 is 2.54 bits per heavy atom. The summed E-state index contributed by atoms with van der Waals surface area (Å²) in [5.41, 5.74) is 2.42. The molecule has 1 unspecified atom stereocenters. The van der Waals surface area contributed by atoms with Gasteiger partial charge in [0.1, 0.15) is 18.5 Å². The fraction of sp³-hybridized carbons (Fsp3) is 0.400. The van der Waals surface area contributed by atoms with Gasteiger partial charge in [-0.2, -0.15) is 0 Å². The second-order valence-electron chi connectivity index (χ2n) is 6.47. The maximum Gasteiger partial charge on any atom is 0.239 e. The number of hydrogen-bond acceptors (Lipinski definition) is 4. The second kappa shape index (κ2) is 8.10. The summed E-state index contributed by atoms with van der Waals surface area (Å²) >= 11 is 0. The zero-order chi connectivity index (χ0) is 18.6. The number of nitrogens with zero attached hydrogens (tertiary/aromatic N) is 1. The van der Waals surface area contributed by atoms with Gasteiger partial charge in [0.15, 0.2) is 0 Å². The van der Waals surface area contributed by atoms with Gasteiger partial charge in [-0.3, -0.25) is 4.31 Å². The molecule has 0 aliphatic carbocycles. The molecular weight excluding hydrogens is 350 g/mol. The number of epoxide rings is 1. The van der Waals surface area contributed by atoms with Crippen LogP contribution in [0.1, 0.15) is 24.5 Å². The number of anilines is 1. The van der Waals surface area contributed by atoms with Gasteiger partial charge in [-0.25, -0.2) is 8.42 Å². The van der Waals surface area contributed by atoms with E-state index in [9.17, 15) is 8.42 Å². The van der Waals surface area contributed by atoms with Gasteiger partial charge < -0.3 is 9.47 Å². The summed E-state index contributed by atoms with van der Waals surface area (Å²) in [6.07, 6.45) is 1.87. The van der Waals surface area contributed by atoms with Crippen molar-refractivity contribution in [1.82, 2.24) is 0 Å². The highest BCUT2D eigenvalue weighted by Crippen LogP contribution is 2.28. The lowest BCUT2D eigenvalue weighted by Crippen LogP contribution is -2.28. The standard InChI is InChI=1S/C20H25NO4S/c1-3-8-19-16(9-7-12-20(19)25-14-18-13-24-18)15-26(22,23)21(2)17-10-5-4-6-11-17/h4-7,9-12,18H,3,8,13-15H2,1-2H3. The van der Waals surface area contributed by atoms with Gasteiger partial charge in [-0.1, -0.05) is 43.7 Å². The molecule has 0 spiro atoms. The lowest BCUT2D eigenvalue weighted by molar-refractivity contribution is 0.261. The summed E-state index contributed by atoms with van der Waals surface area (Å²) in [7, 11) is -1.90. The first-order chi connectivity index (χ1) is 12.5. The second-order valence-corrected chi connectivity index (χ2v) is 8.47. The smallest absolute Gasteiger partial charge is 0.239 e. The summed E-state index contributed by atoms with van der Waals surface area (Å²) in [6.45, 7) is 3.32. The van der Waals surface area contributed by atoms with Crippen LogP contribution in [-0.4, -0.2) is 34.8 Å². The van der Waals surface area contributed by atoms with Crippen LogP contribution in [0.5, 0.6) is 5.75 Å². The molecule has 1 heterocycles. The average molecular weight is 375 g/mol. The molecule has 1 atom stereocenters. The van der Waals surface area contributed by atoms with E-state index in [1.165, 1.54) is 4.31 Å². The third kappa shape index (κ3) is 4.56. The van der Waals surface area contributed by atoms with Gasteiger partial charge >= 0.3 is 0 Å². The third-order valence-electron chi connectivity index (χ3n) is 4.43. The Hall–Kier alpha value is -2.05. The van der Waals surface area contributed by atoms with E-state index in [4.69, 9.17) is 9.47 Å². The van der Waals surface area contributed by atoms with Crippen LogP contribution in [-0.2, 0) is 26.9 Å². The number of ether oxygens (including phenoxy) is 2. The zero-order valence-corrected chi connectivity index (χ0v) is 16.0. The highest BCUT2D eigenvalue weighted by Gasteiger charge is 2.25. The van der Waals surface area contributed by atoms with Crippen LogP contribution in [0.3, 0.4) is 0 Å². The minimum absolute atomic E-state index is 0.0507. The molecule has 6 heteroatoms. The summed E-state index contributed by atoms with van der Waals surface area (Å²) in [5.74, 6) is 0.711. The molecule has 1 aliphatic rings. The molecule has 1 fully saturated rings. The van der Waals surface area contributed by atoms with Crippen molar-refractivity contribution in [3.05, 3.63) is 59.7 Å². The molecule has 2 aromatic carbocycles. The Morgan fingerprint density at radius 2 is 1.88 bits per heavy atom. The van der Waals surface area contributed by atoms with E-state index in [1.807, 2.05) is 36.4 Å². The average Bonchev–Trinajstić information content (AvgIpc) is 3.46. The molecule has 5 nitrogen and oxygen atoms in total. The van der Waals surface area contributed by atoms with Crippen LogP contribution < -0.4 is 9.04 Å². The van der Waals surface area contributed by atoms with Gasteiger partial charge in [-0.15, -0.1) is 0 Å². The van der Waals surface area contributed by atoms with Gasteiger partial charge in [0.25, 0.3) is 0 Å². The van der Waals surface area contributed by atoms with E-state index in [0.29, 0.717) is 12.3 Å².